The molecule has 0 saturated heterocycles. The number of carbonyl (C=O) groups excluding carboxylic acids is 2. The largest absolute Gasteiger partial charge is 0.417 e. The summed E-state index contributed by atoms with van der Waals surface area (Å²) < 4.78 is 84.8. The molecular formula is C37H36F6N2O2. The van der Waals surface area contributed by atoms with Gasteiger partial charge in [0, 0.05) is 22.9 Å². The second-order valence-corrected chi connectivity index (χ2v) is 12.5. The van der Waals surface area contributed by atoms with E-state index in [-0.39, 0.29) is 23.2 Å². The Hall–Kier alpha value is -4.60. The van der Waals surface area contributed by atoms with E-state index in [1.165, 1.54) is 18.2 Å². The van der Waals surface area contributed by atoms with Crippen LogP contribution in [0.3, 0.4) is 0 Å². The summed E-state index contributed by atoms with van der Waals surface area (Å²) in [7, 11) is 0. The van der Waals surface area contributed by atoms with E-state index in [1.807, 2.05) is 13.8 Å². The molecule has 0 fully saturated rings. The fraction of sp³-hybridized carbons (Fsp3) is 0.297. The highest BCUT2D eigenvalue weighted by molar-refractivity contribution is 6.04. The number of hydrogen-bond donors (Lipinski definition) is 2. The molecule has 0 radical (unpaired) electrons. The SMILES string of the molecule is CCCC(C)NC(=O)c1ccc(-c2ccc(C(=O)Nc3ccc(-c4ccc(C(C)(C)C)cc4C(F)(F)F)c(C(F)(F)F)c3)cc2)cc1. The van der Waals surface area contributed by atoms with Crippen molar-refractivity contribution in [3.8, 4) is 22.3 Å². The van der Waals surface area contributed by atoms with E-state index in [9.17, 15) is 35.9 Å². The predicted octanol–water partition coefficient (Wildman–Crippen LogP) is 10.5. The molecule has 0 spiro atoms. The van der Waals surface area contributed by atoms with E-state index in [4.69, 9.17) is 0 Å². The second kappa shape index (κ2) is 13.6. The molecule has 0 saturated carbocycles. The van der Waals surface area contributed by atoms with Crippen LogP contribution in [-0.4, -0.2) is 17.9 Å². The summed E-state index contributed by atoms with van der Waals surface area (Å²) in [5.41, 5.74) is -2.10. The number of alkyl halides is 6. The summed E-state index contributed by atoms with van der Waals surface area (Å²) in [6.07, 6.45) is -8.09. The zero-order chi connectivity index (χ0) is 34.7. The van der Waals surface area contributed by atoms with Crippen molar-refractivity contribution in [1.29, 1.82) is 0 Å². The molecule has 0 aliphatic carbocycles. The van der Waals surface area contributed by atoms with Crippen LogP contribution in [0, 0.1) is 0 Å². The average molecular weight is 655 g/mol. The lowest BCUT2D eigenvalue weighted by atomic mass is 9.83. The minimum Gasteiger partial charge on any atom is -0.350 e. The Bertz CT molecular complexity index is 1740. The van der Waals surface area contributed by atoms with Gasteiger partial charge in [0.05, 0.1) is 11.1 Å². The first kappa shape index (κ1) is 35.3. The van der Waals surface area contributed by atoms with Crippen molar-refractivity contribution >= 4 is 17.5 Å². The summed E-state index contributed by atoms with van der Waals surface area (Å²) in [6, 6.07) is 19.4. The Morgan fingerprint density at radius 2 is 1.13 bits per heavy atom. The Morgan fingerprint density at radius 3 is 1.60 bits per heavy atom. The van der Waals surface area contributed by atoms with Crippen molar-refractivity contribution in [1.82, 2.24) is 5.32 Å². The van der Waals surface area contributed by atoms with Gasteiger partial charge in [-0.2, -0.15) is 26.3 Å². The number of rotatable bonds is 8. The average Bonchev–Trinajstić information content (AvgIpc) is 2.99. The Labute approximate surface area is 270 Å². The van der Waals surface area contributed by atoms with Gasteiger partial charge in [-0.3, -0.25) is 9.59 Å². The second-order valence-electron chi connectivity index (χ2n) is 12.5. The molecule has 2 N–H and O–H groups in total. The van der Waals surface area contributed by atoms with Crippen LogP contribution in [0.5, 0.6) is 0 Å². The van der Waals surface area contributed by atoms with E-state index in [0.29, 0.717) is 17.2 Å². The van der Waals surface area contributed by atoms with Crippen LogP contribution in [0.4, 0.5) is 32.0 Å². The van der Waals surface area contributed by atoms with Gasteiger partial charge < -0.3 is 10.6 Å². The molecule has 0 aliphatic rings. The van der Waals surface area contributed by atoms with Crippen molar-refractivity contribution < 1.29 is 35.9 Å². The van der Waals surface area contributed by atoms with Crippen LogP contribution in [0.15, 0.2) is 84.9 Å². The Kier molecular flexibility index (Phi) is 10.2. The molecule has 47 heavy (non-hydrogen) atoms. The lowest BCUT2D eigenvalue weighted by Crippen LogP contribution is -2.32. The quantitative estimate of drug-likeness (QED) is 0.186. The van der Waals surface area contributed by atoms with E-state index in [2.05, 4.69) is 10.6 Å². The third kappa shape index (κ3) is 8.61. The summed E-state index contributed by atoms with van der Waals surface area (Å²) in [6.45, 7) is 9.12. The normalized spacial score (nSPS) is 12.8. The van der Waals surface area contributed by atoms with E-state index >= 15 is 0 Å². The number of anilines is 1. The third-order valence-corrected chi connectivity index (χ3v) is 7.79. The van der Waals surface area contributed by atoms with Crippen LogP contribution < -0.4 is 10.6 Å². The van der Waals surface area contributed by atoms with Gasteiger partial charge in [-0.05, 0) is 89.0 Å². The number of hydrogen-bond acceptors (Lipinski definition) is 2. The molecule has 4 aromatic carbocycles. The van der Waals surface area contributed by atoms with Crippen molar-refractivity contribution in [2.75, 3.05) is 5.32 Å². The Morgan fingerprint density at radius 1 is 0.660 bits per heavy atom. The van der Waals surface area contributed by atoms with Crippen LogP contribution in [0.25, 0.3) is 22.3 Å². The first-order valence-corrected chi connectivity index (χ1v) is 15.1. The molecule has 1 atom stereocenters. The fourth-order valence-corrected chi connectivity index (χ4v) is 5.22. The van der Waals surface area contributed by atoms with Gasteiger partial charge in [0.1, 0.15) is 0 Å². The van der Waals surface area contributed by atoms with Crippen molar-refractivity contribution in [2.45, 2.75) is 71.3 Å². The molecule has 1 unspecified atom stereocenters. The number of nitrogens with one attached hydrogen (secondary N) is 2. The minimum absolute atomic E-state index is 0.0527. The summed E-state index contributed by atoms with van der Waals surface area (Å²) in [5.74, 6) is -0.874. The summed E-state index contributed by atoms with van der Waals surface area (Å²) in [5, 5.41) is 5.36. The van der Waals surface area contributed by atoms with Crippen molar-refractivity contribution in [2.24, 2.45) is 0 Å². The summed E-state index contributed by atoms with van der Waals surface area (Å²) >= 11 is 0. The van der Waals surface area contributed by atoms with Crippen molar-refractivity contribution in [3.05, 3.63) is 113 Å². The van der Waals surface area contributed by atoms with E-state index < -0.39 is 45.9 Å². The lowest BCUT2D eigenvalue weighted by molar-refractivity contribution is -0.139. The molecule has 10 heteroatoms. The highest BCUT2D eigenvalue weighted by atomic mass is 19.4. The number of halogens is 6. The smallest absolute Gasteiger partial charge is 0.350 e. The molecule has 4 nitrogen and oxygen atoms in total. The van der Waals surface area contributed by atoms with Gasteiger partial charge >= 0.3 is 12.4 Å². The molecule has 0 aliphatic heterocycles. The van der Waals surface area contributed by atoms with Crippen molar-refractivity contribution in [3.63, 3.8) is 0 Å². The zero-order valence-corrected chi connectivity index (χ0v) is 26.7. The van der Waals surface area contributed by atoms with Gasteiger partial charge in [-0.25, -0.2) is 0 Å². The van der Waals surface area contributed by atoms with Crippen LogP contribution in [0.1, 0.15) is 84.9 Å². The molecule has 248 valence electrons. The zero-order valence-electron chi connectivity index (χ0n) is 26.7. The van der Waals surface area contributed by atoms with E-state index in [0.717, 1.165) is 48.2 Å². The van der Waals surface area contributed by atoms with E-state index in [1.54, 1.807) is 57.2 Å². The maximum absolute atomic E-state index is 14.2. The lowest BCUT2D eigenvalue weighted by Gasteiger charge is -2.23. The Balaban J connectivity index is 1.56. The predicted molar refractivity (Wildman–Crippen MR) is 172 cm³/mol. The fourth-order valence-electron chi connectivity index (χ4n) is 5.22. The topological polar surface area (TPSA) is 58.2 Å². The minimum atomic E-state index is -5.01. The molecule has 4 aromatic rings. The maximum Gasteiger partial charge on any atom is 0.417 e. The third-order valence-electron chi connectivity index (χ3n) is 7.79. The molecular weight excluding hydrogens is 618 g/mol. The number of benzene rings is 4. The first-order chi connectivity index (χ1) is 21.9. The molecule has 4 rings (SSSR count). The monoisotopic (exact) mass is 654 g/mol. The first-order valence-electron chi connectivity index (χ1n) is 15.1. The van der Waals surface area contributed by atoms with Crippen LogP contribution in [-0.2, 0) is 17.8 Å². The highest BCUT2D eigenvalue weighted by Gasteiger charge is 2.39. The summed E-state index contributed by atoms with van der Waals surface area (Å²) in [4.78, 5) is 25.4. The van der Waals surface area contributed by atoms with Gasteiger partial charge in [0.15, 0.2) is 0 Å². The van der Waals surface area contributed by atoms with Gasteiger partial charge in [-0.1, -0.05) is 76.6 Å². The van der Waals surface area contributed by atoms with Gasteiger partial charge in [-0.15, -0.1) is 0 Å². The van der Waals surface area contributed by atoms with Crippen LogP contribution >= 0.6 is 0 Å². The van der Waals surface area contributed by atoms with Gasteiger partial charge in [0.25, 0.3) is 11.8 Å². The van der Waals surface area contributed by atoms with Crippen LogP contribution in [0.2, 0.25) is 0 Å². The number of amides is 2. The molecule has 0 bridgehead atoms. The molecule has 0 aromatic heterocycles. The number of carbonyl (C=O) groups is 2. The molecule has 0 heterocycles. The standard InChI is InChI=1S/C37H36F6N2O2/c1-6-7-22(2)44-33(46)25-12-8-23(9-13-25)24-10-14-26(15-11-24)34(47)45-28-17-19-30(32(21-28)37(41,42)43)29-18-16-27(35(3,4)5)20-31(29)36(38,39)40/h8-22H,6-7H2,1-5H3,(H,44,46)(H,45,47). The maximum atomic E-state index is 14.2. The molecule has 2 amide bonds. The highest BCUT2D eigenvalue weighted by Crippen LogP contribution is 2.44. The van der Waals surface area contributed by atoms with Gasteiger partial charge in [0.2, 0.25) is 0 Å².